The van der Waals surface area contributed by atoms with Crippen LogP contribution < -0.4 is 5.32 Å². The lowest BCUT2D eigenvalue weighted by Crippen LogP contribution is -2.47. The van der Waals surface area contributed by atoms with Gasteiger partial charge in [0.1, 0.15) is 0 Å². The van der Waals surface area contributed by atoms with Gasteiger partial charge in [-0.15, -0.1) is 0 Å². The number of nitrogens with zero attached hydrogens (tertiary/aromatic N) is 3. The molecule has 0 radical (unpaired) electrons. The van der Waals surface area contributed by atoms with E-state index < -0.39 is 12.7 Å². The summed E-state index contributed by atoms with van der Waals surface area (Å²) in [5, 5.41) is 3.33. The van der Waals surface area contributed by atoms with Crippen LogP contribution in [0.15, 0.2) is 4.99 Å². The van der Waals surface area contributed by atoms with Crippen molar-refractivity contribution in [2.24, 2.45) is 10.9 Å². The number of rotatable bonds is 5. The van der Waals surface area contributed by atoms with E-state index in [2.05, 4.69) is 15.2 Å². The number of nitrogens with one attached hydrogen (secondary N) is 1. The molecule has 0 aromatic heterocycles. The average molecular weight is 336 g/mol. The van der Waals surface area contributed by atoms with Crippen LogP contribution in [0.25, 0.3) is 0 Å². The zero-order chi connectivity index (χ0) is 16.9. The Morgan fingerprint density at radius 3 is 2.78 bits per heavy atom. The lowest BCUT2D eigenvalue weighted by Gasteiger charge is -2.27. The number of ether oxygens (including phenoxy) is 1. The number of halogens is 3. The second kappa shape index (κ2) is 8.19. The Balaban J connectivity index is 1.83. The van der Waals surface area contributed by atoms with Gasteiger partial charge in [-0.05, 0) is 19.8 Å². The molecule has 134 valence electrons. The molecule has 2 heterocycles. The Morgan fingerprint density at radius 1 is 1.39 bits per heavy atom. The summed E-state index contributed by atoms with van der Waals surface area (Å²) in [6.07, 6.45) is -2.37. The zero-order valence-electron chi connectivity index (χ0n) is 13.9. The Labute approximate surface area is 135 Å². The molecule has 2 rings (SSSR count). The normalized spacial score (nSPS) is 26.7. The van der Waals surface area contributed by atoms with Crippen LogP contribution in [0.1, 0.15) is 19.8 Å². The molecule has 8 heteroatoms. The Bertz CT molecular complexity index is 397. The van der Waals surface area contributed by atoms with Crippen molar-refractivity contribution in [3.63, 3.8) is 0 Å². The van der Waals surface area contributed by atoms with Crippen LogP contribution in [-0.4, -0.2) is 81.0 Å². The van der Waals surface area contributed by atoms with Crippen molar-refractivity contribution >= 4 is 5.96 Å². The van der Waals surface area contributed by atoms with Crippen molar-refractivity contribution in [2.45, 2.75) is 32.0 Å². The van der Waals surface area contributed by atoms with E-state index in [0.29, 0.717) is 32.0 Å². The van der Waals surface area contributed by atoms with Crippen LogP contribution in [0.5, 0.6) is 0 Å². The van der Waals surface area contributed by atoms with Crippen LogP contribution >= 0.6 is 0 Å². The molecule has 0 aliphatic carbocycles. The fraction of sp³-hybridized carbons (Fsp3) is 0.933. The summed E-state index contributed by atoms with van der Waals surface area (Å²) in [4.78, 5) is 7.99. The molecule has 23 heavy (non-hydrogen) atoms. The monoisotopic (exact) mass is 336 g/mol. The highest BCUT2D eigenvalue weighted by Gasteiger charge is 2.34. The molecule has 0 amide bonds. The predicted octanol–water partition coefficient (Wildman–Crippen LogP) is 1.56. The molecule has 2 fully saturated rings. The number of aliphatic imine (C=N–C) groups is 1. The molecule has 2 aliphatic heterocycles. The lowest BCUT2D eigenvalue weighted by molar-refractivity contribution is -0.143. The second-order valence-electron chi connectivity index (χ2n) is 6.39. The highest BCUT2D eigenvalue weighted by molar-refractivity contribution is 5.80. The van der Waals surface area contributed by atoms with Gasteiger partial charge in [0.25, 0.3) is 0 Å². The van der Waals surface area contributed by atoms with Gasteiger partial charge in [0, 0.05) is 51.8 Å². The maximum Gasteiger partial charge on any atom is 0.401 e. The number of hydrogen-bond donors (Lipinski definition) is 1. The van der Waals surface area contributed by atoms with Crippen molar-refractivity contribution in [1.82, 2.24) is 15.1 Å². The summed E-state index contributed by atoms with van der Waals surface area (Å²) in [5.74, 6) is 1.27. The Morgan fingerprint density at radius 2 is 2.17 bits per heavy atom. The van der Waals surface area contributed by atoms with Crippen LogP contribution in [0.4, 0.5) is 13.2 Å². The summed E-state index contributed by atoms with van der Waals surface area (Å²) in [7, 11) is 1.97. The van der Waals surface area contributed by atoms with Crippen LogP contribution in [0, 0.1) is 5.92 Å². The van der Waals surface area contributed by atoms with Gasteiger partial charge in [0.15, 0.2) is 5.96 Å². The molecular weight excluding hydrogens is 309 g/mol. The third-order valence-corrected chi connectivity index (χ3v) is 4.23. The molecular formula is C15H27F3N4O. The van der Waals surface area contributed by atoms with E-state index in [4.69, 9.17) is 4.74 Å². The van der Waals surface area contributed by atoms with E-state index in [1.807, 2.05) is 14.0 Å². The van der Waals surface area contributed by atoms with Crippen molar-refractivity contribution in [2.75, 3.05) is 53.0 Å². The van der Waals surface area contributed by atoms with Crippen molar-refractivity contribution in [3.05, 3.63) is 0 Å². The molecule has 5 nitrogen and oxygen atoms in total. The largest absolute Gasteiger partial charge is 0.401 e. The summed E-state index contributed by atoms with van der Waals surface area (Å²) in [5.41, 5.74) is 0. The van der Waals surface area contributed by atoms with E-state index >= 15 is 0 Å². The number of guanidine groups is 1. The minimum atomic E-state index is -4.13. The predicted molar refractivity (Wildman–Crippen MR) is 83.6 cm³/mol. The smallest absolute Gasteiger partial charge is 0.381 e. The summed E-state index contributed by atoms with van der Waals surface area (Å²) in [6, 6.07) is 0.0185. The highest BCUT2D eigenvalue weighted by atomic mass is 19.4. The Hall–Kier alpha value is -1.02. The quantitative estimate of drug-likeness (QED) is 0.611. The SMILES string of the molecule is CCN=C(NC1CCN(CC(F)(F)F)C1)N(C)CC1CCOC1. The molecule has 0 saturated carbocycles. The molecule has 1 N–H and O–H groups in total. The van der Waals surface area contributed by atoms with Crippen molar-refractivity contribution in [1.29, 1.82) is 0 Å². The second-order valence-corrected chi connectivity index (χ2v) is 6.39. The van der Waals surface area contributed by atoms with Crippen LogP contribution in [0.2, 0.25) is 0 Å². The topological polar surface area (TPSA) is 40.1 Å². The van der Waals surface area contributed by atoms with E-state index in [1.165, 1.54) is 4.90 Å². The van der Waals surface area contributed by atoms with Crippen LogP contribution in [-0.2, 0) is 4.74 Å². The molecule has 2 atom stereocenters. The minimum Gasteiger partial charge on any atom is -0.381 e. The van der Waals surface area contributed by atoms with E-state index in [0.717, 1.165) is 32.1 Å². The molecule has 0 spiro atoms. The van der Waals surface area contributed by atoms with Gasteiger partial charge in [0.05, 0.1) is 13.2 Å². The van der Waals surface area contributed by atoms with Gasteiger partial charge in [-0.25, -0.2) is 0 Å². The standard InChI is InChI=1S/C15H27F3N4O/c1-3-19-14(21(2)8-12-5-7-23-10-12)20-13-4-6-22(9-13)11-15(16,17)18/h12-13H,3-11H2,1-2H3,(H,19,20). The average Bonchev–Trinajstić information content (AvgIpc) is 3.08. The van der Waals surface area contributed by atoms with E-state index in [-0.39, 0.29) is 6.04 Å². The fourth-order valence-corrected chi connectivity index (χ4v) is 3.16. The first-order valence-electron chi connectivity index (χ1n) is 8.26. The first-order chi connectivity index (χ1) is 10.9. The number of likely N-dealkylation sites (tertiary alicyclic amines) is 1. The Kier molecular flexibility index (Phi) is 6.52. The molecule has 0 aromatic carbocycles. The van der Waals surface area contributed by atoms with Crippen LogP contribution in [0.3, 0.4) is 0 Å². The van der Waals surface area contributed by atoms with Gasteiger partial charge in [-0.1, -0.05) is 0 Å². The van der Waals surface area contributed by atoms with E-state index in [1.54, 1.807) is 0 Å². The minimum absolute atomic E-state index is 0.0185. The molecule has 2 saturated heterocycles. The van der Waals surface area contributed by atoms with Gasteiger partial charge in [-0.2, -0.15) is 13.2 Å². The van der Waals surface area contributed by atoms with Crippen molar-refractivity contribution < 1.29 is 17.9 Å². The maximum atomic E-state index is 12.5. The number of hydrogen-bond acceptors (Lipinski definition) is 3. The summed E-state index contributed by atoms with van der Waals surface area (Å²) >= 11 is 0. The van der Waals surface area contributed by atoms with Gasteiger partial charge in [0.2, 0.25) is 0 Å². The summed E-state index contributed by atoms with van der Waals surface area (Å²) in [6.45, 7) is 5.07. The fourth-order valence-electron chi connectivity index (χ4n) is 3.16. The molecule has 2 aliphatic rings. The van der Waals surface area contributed by atoms with E-state index in [9.17, 15) is 13.2 Å². The third-order valence-electron chi connectivity index (χ3n) is 4.23. The first kappa shape index (κ1) is 18.3. The van der Waals surface area contributed by atoms with Gasteiger partial charge < -0.3 is 15.0 Å². The maximum absolute atomic E-state index is 12.5. The first-order valence-corrected chi connectivity index (χ1v) is 8.26. The van der Waals surface area contributed by atoms with Gasteiger partial charge >= 0.3 is 6.18 Å². The third kappa shape index (κ3) is 6.18. The lowest BCUT2D eigenvalue weighted by atomic mass is 10.1. The molecule has 0 aromatic rings. The summed E-state index contributed by atoms with van der Waals surface area (Å²) < 4.78 is 42.8. The van der Waals surface area contributed by atoms with Gasteiger partial charge in [-0.3, -0.25) is 9.89 Å². The zero-order valence-corrected chi connectivity index (χ0v) is 13.9. The molecule has 0 bridgehead atoms. The van der Waals surface area contributed by atoms with Crippen molar-refractivity contribution in [3.8, 4) is 0 Å². The highest BCUT2D eigenvalue weighted by Crippen LogP contribution is 2.20. The number of alkyl halides is 3. The molecule has 2 unspecified atom stereocenters.